The number of carboxylic acid groups (broad SMARTS) is 1. The van der Waals surface area contributed by atoms with Crippen molar-refractivity contribution in [3.63, 3.8) is 0 Å². The predicted molar refractivity (Wildman–Crippen MR) is 162 cm³/mol. The van der Waals surface area contributed by atoms with Crippen LogP contribution in [0.15, 0.2) is 0 Å². The second-order valence-electron chi connectivity index (χ2n) is 11.4. The summed E-state index contributed by atoms with van der Waals surface area (Å²) in [6.45, 7) is 5.56. The number of hydrogen-bond donors (Lipinski definition) is 2. The molecule has 0 spiro atoms. The average Bonchev–Trinajstić information content (AvgIpc) is 2.90. The van der Waals surface area contributed by atoms with Gasteiger partial charge in [-0.1, -0.05) is 162 Å². The molecule has 0 aromatic rings. The zero-order valence-electron chi connectivity index (χ0n) is 25.5. The summed E-state index contributed by atoms with van der Waals surface area (Å²) in [5.41, 5.74) is 0. The van der Waals surface area contributed by atoms with Crippen molar-refractivity contribution in [1.29, 1.82) is 0 Å². The molecule has 1 atom stereocenters. The van der Waals surface area contributed by atoms with Crippen LogP contribution in [0.2, 0.25) is 0 Å². The molecule has 0 bridgehead atoms. The Labute approximate surface area is 236 Å². The maximum atomic E-state index is 12.1. The number of unbranched alkanes of at least 4 members (excludes halogenated alkanes) is 23. The van der Waals surface area contributed by atoms with Gasteiger partial charge in [0.25, 0.3) is 0 Å². The molecule has 0 fully saturated rings. The maximum Gasteiger partial charge on any atom is 0.321 e. The molecule has 2 N–H and O–H groups in total. The van der Waals surface area contributed by atoms with Crippen LogP contribution < -0.4 is 5.32 Å². The van der Waals surface area contributed by atoms with Gasteiger partial charge in [-0.25, -0.2) is 0 Å². The highest BCUT2D eigenvalue weighted by Crippen LogP contribution is 2.13. The van der Waals surface area contributed by atoms with Gasteiger partial charge in [-0.2, -0.15) is 0 Å². The molecular weight excluding hydrogens is 474 g/mol. The van der Waals surface area contributed by atoms with E-state index in [2.05, 4.69) is 19.2 Å². The van der Waals surface area contributed by atoms with Gasteiger partial charge in [0.05, 0.1) is 13.0 Å². The van der Waals surface area contributed by atoms with E-state index in [9.17, 15) is 14.7 Å². The van der Waals surface area contributed by atoms with Crippen LogP contribution >= 0.6 is 0 Å². The molecule has 0 saturated heterocycles. The number of carbonyl (C=O) groups excluding carboxylic acids is 1. The fraction of sp³-hybridized carbons (Fsp3) is 0.939. The topological polar surface area (TPSA) is 75.6 Å². The van der Waals surface area contributed by atoms with Gasteiger partial charge in [-0.05, 0) is 19.4 Å². The molecule has 1 unspecified atom stereocenters. The Morgan fingerprint density at radius 1 is 0.553 bits per heavy atom. The monoisotopic (exact) mass is 539 g/mol. The number of rotatable bonds is 31. The predicted octanol–water partition coefficient (Wildman–Crippen LogP) is 9.75. The first-order chi connectivity index (χ1) is 18.6. The van der Waals surface area contributed by atoms with Crippen molar-refractivity contribution in [3.8, 4) is 0 Å². The number of nitrogens with one attached hydrogen (secondary N) is 1. The zero-order valence-corrected chi connectivity index (χ0v) is 25.5. The number of ether oxygens (including phenoxy) is 1. The Kier molecular flexibility index (Phi) is 29.6. The normalized spacial score (nSPS) is 12.1. The van der Waals surface area contributed by atoms with Crippen LogP contribution in [0.5, 0.6) is 0 Å². The molecule has 5 nitrogen and oxygen atoms in total. The Hall–Kier alpha value is -1.10. The third-order valence-corrected chi connectivity index (χ3v) is 7.60. The summed E-state index contributed by atoms with van der Waals surface area (Å²) in [6, 6.07) is -0.846. The van der Waals surface area contributed by atoms with Crippen LogP contribution in [0.1, 0.15) is 181 Å². The summed E-state index contributed by atoms with van der Waals surface area (Å²) in [5.74, 6) is -1.37. The Morgan fingerprint density at radius 3 is 1.26 bits per heavy atom. The minimum atomic E-state index is -0.971. The van der Waals surface area contributed by atoms with Gasteiger partial charge in [-0.15, -0.1) is 0 Å². The van der Waals surface area contributed by atoms with Gasteiger partial charge < -0.3 is 15.2 Å². The number of carboxylic acids is 1. The number of esters is 1. The summed E-state index contributed by atoms with van der Waals surface area (Å²) in [4.78, 5) is 23.6. The highest BCUT2D eigenvalue weighted by Gasteiger charge is 2.21. The molecule has 0 amide bonds. The van der Waals surface area contributed by atoms with Crippen molar-refractivity contribution in [1.82, 2.24) is 5.32 Å². The van der Waals surface area contributed by atoms with Crippen LogP contribution in [0, 0.1) is 0 Å². The molecule has 38 heavy (non-hydrogen) atoms. The van der Waals surface area contributed by atoms with Crippen LogP contribution in [0.3, 0.4) is 0 Å². The first kappa shape index (κ1) is 36.9. The van der Waals surface area contributed by atoms with Gasteiger partial charge in [0.2, 0.25) is 0 Å². The molecule has 0 rings (SSSR count). The highest BCUT2D eigenvalue weighted by molar-refractivity contribution is 5.81. The Morgan fingerprint density at radius 2 is 0.895 bits per heavy atom. The van der Waals surface area contributed by atoms with E-state index in [4.69, 9.17) is 4.74 Å². The van der Waals surface area contributed by atoms with E-state index in [1.54, 1.807) is 0 Å². The molecule has 0 aliphatic carbocycles. The molecular formula is C33H65NO4. The molecule has 0 aromatic carbocycles. The number of aliphatic carboxylic acids is 1. The second-order valence-corrected chi connectivity index (χ2v) is 11.4. The average molecular weight is 540 g/mol. The summed E-state index contributed by atoms with van der Waals surface area (Å²) >= 11 is 0. The SMILES string of the molecule is CCCCCCCCCCCCCCCOC(=O)CC(NCCCCCCCCCCCCCC)C(=O)O. The standard InChI is InChI=1S/C33H65NO4/c1-3-5-7-9-11-13-15-17-19-21-23-25-27-29-38-32(35)30-31(33(36)37)34-28-26-24-22-20-18-16-14-12-10-8-6-4-2/h31,34H,3-30H2,1-2H3,(H,36,37). The zero-order chi connectivity index (χ0) is 27.9. The smallest absolute Gasteiger partial charge is 0.321 e. The summed E-state index contributed by atoms with van der Waals surface area (Å²) in [5, 5.41) is 12.5. The summed E-state index contributed by atoms with van der Waals surface area (Å²) in [6.07, 6.45) is 31.9. The fourth-order valence-electron chi connectivity index (χ4n) is 5.02. The molecule has 0 aromatic heterocycles. The molecule has 0 saturated carbocycles. The van der Waals surface area contributed by atoms with E-state index in [0.717, 1.165) is 25.7 Å². The third kappa shape index (κ3) is 27.9. The van der Waals surface area contributed by atoms with E-state index < -0.39 is 18.0 Å². The Bertz CT molecular complexity index is 511. The van der Waals surface area contributed by atoms with Gasteiger partial charge in [0.15, 0.2) is 0 Å². The first-order valence-electron chi connectivity index (χ1n) is 16.7. The lowest BCUT2D eigenvalue weighted by Crippen LogP contribution is -2.39. The Balaban J connectivity index is 3.54. The van der Waals surface area contributed by atoms with Crippen LogP contribution in [0.4, 0.5) is 0 Å². The van der Waals surface area contributed by atoms with E-state index in [1.807, 2.05) is 0 Å². The lowest BCUT2D eigenvalue weighted by molar-refractivity contribution is -0.149. The summed E-state index contributed by atoms with van der Waals surface area (Å²) < 4.78 is 5.30. The van der Waals surface area contributed by atoms with Crippen molar-refractivity contribution < 1.29 is 19.4 Å². The van der Waals surface area contributed by atoms with E-state index in [-0.39, 0.29) is 6.42 Å². The lowest BCUT2D eigenvalue weighted by atomic mass is 10.0. The van der Waals surface area contributed by atoms with E-state index in [1.165, 1.54) is 135 Å². The first-order valence-corrected chi connectivity index (χ1v) is 16.7. The minimum absolute atomic E-state index is 0.0912. The quantitative estimate of drug-likeness (QED) is 0.0677. The van der Waals surface area contributed by atoms with Crippen molar-refractivity contribution >= 4 is 11.9 Å². The molecule has 0 aliphatic heterocycles. The molecule has 0 heterocycles. The largest absolute Gasteiger partial charge is 0.480 e. The number of hydrogen-bond acceptors (Lipinski definition) is 4. The minimum Gasteiger partial charge on any atom is -0.480 e. The van der Waals surface area contributed by atoms with Gasteiger partial charge in [-0.3, -0.25) is 9.59 Å². The van der Waals surface area contributed by atoms with Gasteiger partial charge in [0, 0.05) is 0 Å². The highest BCUT2D eigenvalue weighted by atomic mass is 16.5. The molecule has 226 valence electrons. The van der Waals surface area contributed by atoms with E-state index in [0.29, 0.717) is 13.2 Å². The lowest BCUT2D eigenvalue weighted by Gasteiger charge is -2.14. The van der Waals surface area contributed by atoms with Gasteiger partial charge >= 0.3 is 11.9 Å². The van der Waals surface area contributed by atoms with E-state index >= 15 is 0 Å². The second kappa shape index (κ2) is 30.4. The van der Waals surface area contributed by atoms with Crippen molar-refractivity contribution in [2.75, 3.05) is 13.2 Å². The van der Waals surface area contributed by atoms with Crippen LogP contribution in [-0.2, 0) is 14.3 Å². The summed E-state index contributed by atoms with van der Waals surface area (Å²) in [7, 11) is 0. The van der Waals surface area contributed by atoms with Crippen molar-refractivity contribution in [2.45, 2.75) is 187 Å². The van der Waals surface area contributed by atoms with Crippen LogP contribution in [0.25, 0.3) is 0 Å². The van der Waals surface area contributed by atoms with Gasteiger partial charge in [0.1, 0.15) is 6.04 Å². The van der Waals surface area contributed by atoms with Crippen molar-refractivity contribution in [3.05, 3.63) is 0 Å². The number of carbonyl (C=O) groups is 2. The molecule has 5 heteroatoms. The fourth-order valence-corrected chi connectivity index (χ4v) is 5.02. The molecule has 0 radical (unpaired) electrons. The van der Waals surface area contributed by atoms with Crippen LogP contribution in [-0.4, -0.2) is 36.2 Å². The maximum absolute atomic E-state index is 12.1. The molecule has 0 aliphatic rings. The third-order valence-electron chi connectivity index (χ3n) is 7.60. The van der Waals surface area contributed by atoms with Crippen molar-refractivity contribution in [2.24, 2.45) is 0 Å².